The van der Waals surface area contributed by atoms with Gasteiger partial charge in [0.25, 0.3) is 0 Å². The van der Waals surface area contributed by atoms with E-state index < -0.39 is 0 Å². The van der Waals surface area contributed by atoms with Crippen LogP contribution in [0.25, 0.3) is 0 Å². The molecular formula is C14H14N2O2S. The molecule has 0 aliphatic carbocycles. The highest BCUT2D eigenvalue weighted by molar-refractivity contribution is 7.09. The Balaban J connectivity index is 1.86. The molecule has 0 aliphatic rings. The number of rotatable bonds is 4. The molecular weight excluding hydrogens is 260 g/mol. The smallest absolute Gasteiger partial charge is 0.319 e. The fourth-order valence-electron chi connectivity index (χ4n) is 1.54. The molecule has 0 unspecified atom stereocenters. The van der Waals surface area contributed by atoms with Crippen molar-refractivity contribution in [1.29, 1.82) is 0 Å². The van der Waals surface area contributed by atoms with Gasteiger partial charge in [-0.2, -0.15) is 0 Å². The van der Waals surface area contributed by atoms with Crippen molar-refractivity contribution >= 4 is 28.8 Å². The Morgan fingerprint density at radius 3 is 2.47 bits per heavy atom. The number of thiophene rings is 1. The molecule has 98 valence electrons. The predicted molar refractivity (Wildman–Crippen MR) is 76.6 cm³/mol. The van der Waals surface area contributed by atoms with Crippen LogP contribution in [0.5, 0.6) is 0 Å². The number of hydrogen-bond acceptors (Lipinski definition) is 3. The lowest BCUT2D eigenvalue weighted by molar-refractivity contribution is 0.101. The van der Waals surface area contributed by atoms with E-state index in [1.54, 1.807) is 35.6 Å². The first kappa shape index (κ1) is 13.3. The summed E-state index contributed by atoms with van der Waals surface area (Å²) in [5.74, 6) is 0.00805. The molecule has 0 spiro atoms. The number of carbonyl (C=O) groups excluding carboxylic acids is 2. The quantitative estimate of drug-likeness (QED) is 0.841. The summed E-state index contributed by atoms with van der Waals surface area (Å²) in [6.07, 6.45) is 0. The zero-order valence-corrected chi connectivity index (χ0v) is 11.3. The number of carbonyl (C=O) groups is 2. The summed E-state index contributed by atoms with van der Waals surface area (Å²) in [5.41, 5.74) is 1.29. The summed E-state index contributed by atoms with van der Waals surface area (Å²) >= 11 is 1.60. The summed E-state index contributed by atoms with van der Waals surface area (Å²) < 4.78 is 0. The van der Waals surface area contributed by atoms with Crippen molar-refractivity contribution in [2.45, 2.75) is 13.5 Å². The second-order valence-corrected chi connectivity index (χ2v) is 5.05. The van der Waals surface area contributed by atoms with Gasteiger partial charge in [0.05, 0.1) is 6.54 Å². The first-order valence-electron chi connectivity index (χ1n) is 5.83. The minimum Gasteiger partial charge on any atom is -0.333 e. The fourth-order valence-corrected chi connectivity index (χ4v) is 2.19. The maximum atomic E-state index is 11.6. The molecule has 0 bridgehead atoms. The van der Waals surface area contributed by atoms with Crippen LogP contribution in [0.2, 0.25) is 0 Å². The third-order valence-corrected chi connectivity index (χ3v) is 3.43. The Kier molecular flexibility index (Phi) is 4.30. The third kappa shape index (κ3) is 3.93. The van der Waals surface area contributed by atoms with E-state index in [4.69, 9.17) is 0 Å². The summed E-state index contributed by atoms with van der Waals surface area (Å²) in [7, 11) is 0. The van der Waals surface area contributed by atoms with E-state index in [0.29, 0.717) is 17.8 Å². The summed E-state index contributed by atoms with van der Waals surface area (Å²) in [4.78, 5) is 23.9. The highest BCUT2D eigenvalue weighted by atomic mass is 32.1. The second kappa shape index (κ2) is 6.15. The van der Waals surface area contributed by atoms with Crippen LogP contribution in [0.3, 0.4) is 0 Å². The number of benzene rings is 1. The fraction of sp³-hybridized carbons (Fsp3) is 0.143. The first-order chi connectivity index (χ1) is 9.15. The Morgan fingerprint density at radius 2 is 1.89 bits per heavy atom. The van der Waals surface area contributed by atoms with E-state index in [2.05, 4.69) is 10.6 Å². The van der Waals surface area contributed by atoms with Crippen molar-refractivity contribution in [2.24, 2.45) is 0 Å². The molecule has 0 fully saturated rings. The maximum Gasteiger partial charge on any atom is 0.319 e. The predicted octanol–water partition coefficient (Wildman–Crippen LogP) is 3.27. The largest absolute Gasteiger partial charge is 0.333 e. The van der Waals surface area contributed by atoms with Crippen molar-refractivity contribution in [1.82, 2.24) is 5.32 Å². The van der Waals surface area contributed by atoms with Crippen LogP contribution in [0.15, 0.2) is 41.8 Å². The van der Waals surface area contributed by atoms with Crippen LogP contribution in [0.1, 0.15) is 22.2 Å². The lowest BCUT2D eigenvalue weighted by Gasteiger charge is -2.07. The van der Waals surface area contributed by atoms with Crippen molar-refractivity contribution in [2.75, 3.05) is 5.32 Å². The van der Waals surface area contributed by atoms with Crippen LogP contribution in [0, 0.1) is 0 Å². The molecule has 0 aliphatic heterocycles. The van der Waals surface area contributed by atoms with Crippen LogP contribution < -0.4 is 10.6 Å². The van der Waals surface area contributed by atoms with Gasteiger partial charge in [0.15, 0.2) is 5.78 Å². The molecule has 1 heterocycles. The zero-order chi connectivity index (χ0) is 13.7. The molecule has 1 aromatic carbocycles. The van der Waals surface area contributed by atoms with E-state index >= 15 is 0 Å². The van der Waals surface area contributed by atoms with Crippen molar-refractivity contribution in [3.8, 4) is 0 Å². The minimum absolute atomic E-state index is 0.00805. The lowest BCUT2D eigenvalue weighted by Crippen LogP contribution is -2.27. The Bertz CT molecular complexity index is 562. The highest BCUT2D eigenvalue weighted by Gasteiger charge is 2.03. The molecule has 4 nitrogen and oxygen atoms in total. The van der Waals surface area contributed by atoms with Gasteiger partial charge in [-0.15, -0.1) is 11.3 Å². The average molecular weight is 274 g/mol. The van der Waals surface area contributed by atoms with E-state index in [-0.39, 0.29) is 11.8 Å². The first-order valence-corrected chi connectivity index (χ1v) is 6.71. The van der Waals surface area contributed by atoms with Crippen LogP contribution in [-0.2, 0) is 6.54 Å². The number of Topliss-reactive ketones (excluding diaryl/α,β-unsaturated/α-hetero) is 1. The standard InChI is InChI=1S/C14H14N2O2S/c1-10(17)11-4-6-12(7-5-11)16-14(18)15-9-13-3-2-8-19-13/h2-8H,9H2,1H3,(H2,15,16,18). The van der Waals surface area contributed by atoms with Gasteiger partial charge in [-0.3, -0.25) is 4.79 Å². The van der Waals surface area contributed by atoms with Gasteiger partial charge in [-0.05, 0) is 42.6 Å². The Morgan fingerprint density at radius 1 is 1.16 bits per heavy atom. The number of amides is 2. The highest BCUT2D eigenvalue weighted by Crippen LogP contribution is 2.10. The SMILES string of the molecule is CC(=O)c1ccc(NC(=O)NCc2cccs2)cc1. The molecule has 2 N–H and O–H groups in total. The summed E-state index contributed by atoms with van der Waals surface area (Å²) in [6, 6.07) is 10.5. The third-order valence-electron chi connectivity index (χ3n) is 2.55. The zero-order valence-electron chi connectivity index (χ0n) is 10.5. The van der Waals surface area contributed by atoms with Gasteiger partial charge in [0, 0.05) is 16.1 Å². The van der Waals surface area contributed by atoms with Gasteiger partial charge in [0.2, 0.25) is 0 Å². The van der Waals surface area contributed by atoms with E-state index in [1.165, 1.54) is 6.92 Å². The monoisotopic (exact) mass is 274 g/mol. The second-order valence-electron chi connectivity index (χ2n) is 4.02. The van der Waals surface area contributed by atoms with Crippen LogP contribution in [-0.4, -0.2) is 11.8 Å². The van der Waals surface area contributed by atoms with Gasteiger partial charge < -0.3 is 10.6 Å². The van der Waals surface area contributed by atoms with Crippen molar-refractivity contribution < 1.29 is 9.59 Å². The maximum absolute atomic E-state index is 11.6. The van der Waals surface area contributed by atoms with Gasteiger partial charge in [-0.1, -0.05) is 6.07 Å². The molecule has 2 amide bonds. The molecule has 2 rings (SSSR count). The van der Waals surface area contributed by atoms with Crippen LogP contribution in [0.4, 0.5) is 10.5 Å². The topological polar surface area (TPSA) is 58.2 Å². The molecule has 19 heavy (non-hydrogen) atoms. The number of urea groups is 1. The Hall–Kier alpha value is -2.14. The molecule has 2 aromatic rings. The van der Waals surface area contributed by atoms with E-state index in [9.17, 15) is 9.59 Å². The molecule has 0 atom stereocenters. The molecule has 0 saturated carbocycles. The molecule has 0 radical (unpaired) electrons. The normalized spacial score (nSPS) is 9.95. The Labute approximate surface area is 115 Å². The van der Waals surface area contributed by atoms with Crippen LogP contribution >= 0.6 is 11.3 Å². The number of hydrogen-bond donors (Lipinski definition) is 2. The molecule has 1 aromatic heterocycles. The number of ketones is 1. The van der Waals surface area contributed by atoms with E-state index in [1.807, 2.05) is 17.5 Å². The van der Waals surface area contributed by atoms with Crippen molar-refractivity contribution in [3.05, 3.63) is 52.2 Å². The van der Waals surface area contributed by atoms with Gasteiger partial charge >= 0.3 is 6.03 Å². The molecule has 0 saturated heterocycles. The van der Waals surface area contributed by atoms with Crippen molar-refractivity contribution in [3.63, 3.8) is 0 Å². The number of nitrogens with one attached hydrogen (secondary N) is 2. The average Bonchev–Trinajstić information content (AvgIpc) is 2.90. The lowest BCUT2D eigenvalue weighted by atomic mass is 10.1. The minimum atomic E-state index is -0.260. The molecule has 5 heteroatoms. The summed E-state index contributed by atoms with van der Waals surface area (Å²) in [5, 5.41) is 7.45. The number of anilines is 1. The summed E-state index contributed by atoms with van der Waals surface area (Å²) in [6.45, 7) is 2.02. The van der Waals surface area contributed by atoms with E-state index in [0.717, 1.165) is 4.88 Å². The van der Waals surface area contributed by atoms with Gasteiger partial charge in [0.1, 0.15) is 0 Å². The van der Waals surface area contributed by atoms with Gasteiger partial charge in [-0.25, -0.2) is 4.79 Å².